The minimum Gasteiger partial charge on any atom is -0.328 e. The van der Waals surface area contributed by atoms with Gasteiger partial charge in [-0.15, -0.1) is 11.3 Å². The second-order valence-corrected chi connectivity index (χ2v) is 4.00. The fourth-order valence-corrected chi connectivity index (χ4v) is 1.85. The average molecular weight is 214 g/mol. The van der Waals surface area contributed by atoms with Gasteiger partial charge in [-0.25, -0.2) is 15.6 Å². The number of carbonyl (C=O) groups excluding carboxylic acids is 1. The highest BCUT2D eigenvalue weighted by molar-refractivity contribution is 7.11. The first-order valence-corrected chi connectivity index (χ1v) is 5.20. The highest BCUT2D eigenvalue weighted by atomic mass is 32.1. The van der Waals surface area contributed by atoms with Crippen LogP contribution in [-0.4, -0.2) is 11.0 Å². The minimum atomic E-state index is -0.397. The summed E-state index contributed by atoms with van der Waals surface area (Å²) in [5, 5.41) is 3.55. The molecule has 2 amide bonds. The highest BCUT2D eigenvalue weighted by Crippen LogP contribution is 2.19. The van der Waals surface area contributed by atoms with Crippen molar-refractivity contribution in [3.8, 4) is 0 Å². The number of nitrogens with one attached hydrogen (secondary N) is 2. The van der Waals surface area contributed by atoms with Gasteiger partial charge < -0.3 is 5.32 Å². The first kappa shape index (κ1) is 10.9. The van der Waals surface area contributed by atoms with Crippen LogP contribution >= 0.6 is 11.3 Å². The Morgan fingerprint density at radius 1 is 1.79 bits per heavy atom. The Labute approximate surface area is 86.7 Å². The summed E-state index contributed by atoms with van der Waals surface area (Å²) < 4.78 is 0. The Morgan fingerprint density at radius 2 is 2.50 bits per heavy atom. The van der Waals surface area contributed by atoms with Gasteiger partial charge in [-0.1, -0.05) is 6.92 Å². The van der Waals surface area contributed by atoms with Crippen molar-refractivity contribution >= 4 is 17.4 Å². The summed E-state index contributed by atoms with van der Waals surface area (Å²) in [4.78, 5) is 16.3. The molecule has 0 aliphatic carbocycles. The van der Waals surface area contributed by atoms with Crippen LogP contribution in [0.5, 0.6) is 0 Å². The lowest BCUT2D eigenvalue weighted by Crippen LogP contribution is -2.40. The number of amides is 2. The lowest BCUT2D eigenvalue weighted by Gasteiger charge is -2.09. The number of nitrogens with zero attached hydrogens (tertiary/aromatic N) is 1. The summed E-state index contributed by atoms with van der Waals surface area (Å²) >= 11 is 1.60. The van der Waals surface area contributed by atoms with E-state index in [0.29, 0.717) is 0 Å². The lowest BCUT2D eigenvalue weighted by molar-refractivity contribution is 0.238. The lowest BCUT2D eigenvalue weighted by atomic mass is 10.4. The number of nitrogens with two attached hydrogens (primary N) is 1. The molecule has 5 nitrogen and oxygen atoms in total. The van der Waals surface area contributed by atoms with Gasteiger partial charge >= 0.3 is 6.03 Å². The van der Waals surface area contributed by atoms with Crippen molar-refractivity contribution in [3.05, 3.63) is 16.1 Å². The number of aromatic nitrogens is 1. The molecule has 0 radical (unpaired) electrons. The molecule has 1 rings (SSSR count). The molecule has 1 aromatic heterocycles. The Balaban J connectivity index is 2.60. The molecule has 0 spiro atoms. The third-order valence-electron chi connectivity index (χ3n) is 1.77. The first-order valence-electron chi connectivity index (χ1n) is 4.39. The summed E-state index contributed by atoms with van der Waals surface area (Å²) in [6.45, 7) is 3.94. The zero-order valence-electron chi connectivity index (χ0n) is 8.20. The zero-order chi connectivity index (χ0) is 10.6. The predicted molar refractivity (Wildman–Crippen MR) is 55.8 cm³/mol. The molecule has 78 valence electrons. The van der Waals surface area contributed by atoms with Gasteiger partial charge in [-0.05, 0) is 13.3 Å². The number of hydrazine groups is 1. The third kappa shape index (κ3) is 2.68. The van der Waals surface area contributed by atoms with Crippen LogP contribution in [0.1, 0.15) is 29.8 Å². The van der Waals surface area contributed by atoms with Crippen molar-refractivity contribution in [3.63, 3.8) is 0 Å². The maximum atomic E-state index is 10.9. The number of aryl methyl sites for hydroxylation is 1. The molecule has 1 atom stereocenters. The molecular formula is C8H14N4OS. The number of urea groups is 1. The first-order chi connectivity index (χ1) is 6.67. The van der Waals surface area contributed by atoms with Crippen molar-refractivity contribution in [2.24, 2.45) is 5.84 Å². The molecule has 6 heteroatoms. The molecule has 0 aliphatic rings. The van der Waals surface area contributed by atoms with Crippen molar-refractivity contribution < 1.29 is 4.79 Å². The molecular weight excluding hydrogens is 200 g/mol. The zero-order valence-corrected chi connectivity index (χ0v) is 9.02. The highest BCUT2D eigenvalue weighted by Gasteiger charge is 2.11. The molecule has 0 fully saturated rings. The van der Waals surface area contributed by atoms with Crippen LogP contribution in [0, 0.1) is 0 Å². The maximum Gasteiger partial charge on any atom is 0.329 e. The second kappa shape index (κ2) is 4.92. The van der Waals surface area contributed by atoms with Crippen molar-refractivity contribution in [2.75, 3.05) is 0 Å². The van der Waals surface area contributed by atoms with Gasteiger partial charge in [0.05, 0.1) is 6.04 Å². The topological polar surface area (TPSA) is 80.0 Å². The van der Waals surface area contributed by atoms with Crippen LogP contribution in [-0.2, 0) is 6.42 Å². The van der Waals surface area contributed by atoms with E-state index >= 15 is 0 Å². The molecule has 0 saturated heterocycles. The fraction of sp³-hybridized carbons (Fsp3) is 0.500. The van der Waals surface area contributed by atoms with Gasteiger partial charge in [0.1, 0.15) is 5.01 Å². The average Bonchev–Trinajstić information content (AvgIpc) is 2.65. The van der Waals surface area contributed by atoms with E-state index in [2.05, 4.69) is 17.2 Å². The number of thiazole rings is 1. The summed E-state index contributed by atoms with van der Waals surface area (Å²) in [6, 6.07) is -0.505. The van der Waals surface area contributed by atoms with E-state index < -0.39 is 6.03 Å². The molecule has 1 aromatic rings. The van der Waals surface area contributed by atoms with Crippen LogP contribution < -0.4 is 16.6 Å². The molecule has 0 aromatic carbocycles. The predicted octanol–water partition coefficient (Wildman–Crippen LogP) is 0.939. The molecule has 0 saturated carbocycles. The van der Waals surface area contributed by atoms with Crippen LogP contribution in [0.2, 0.25) is 0 Å². The SMILES string of the molecule is CCc1cnc(C(C)NC(=O)NN)s1. The summed E-state index contributed by atoms with van der Waals surface area (Å²) in [5.41, 5.74) is 2.01. The molecule has 14 heavy (non-hydrogen) atoms. The smallest absolute Gasteiger partial charge is 0.328 e. The molecule has 1 unspecified atom stereocenters. The van der Waals surface area contributed by atoms with E-state index in [4.69, 9.17) is 5.84 Å². The second-order valence-electron chi connectivity index (χ2n) is 2.86. The molecule has 4 N–H and O–H groups in total. The van der Waals surface area contributed by atoms with Gasteiger partial charge in [-0.2, -0.15) is 0 Å². The Kier molecular flexibility index (Phi) is 3.84. The van der Waals surface area contributed by atoms with Crippen LogP contribution in [0.3, 0.4) is 0 Å². The quantitative estimate of drug-likeness (QED) is 0.398. The fourth-order valence-electron chi connectivity index (χ4n) is 0.986. The van der Waals surface area contributed by atoms with Gasteiger partial charge in [0.2, 0.25) is 0 Å². The normalized spacial score (nSPS) is 12.2. The third-order valence-corrected chi connectivity index (χ3v) is 3.09. The van der Waals surface area contributed by atoms with E-state index in [9.17, 15) is 4.79 Å². The Hall–Kier alpha value is -1.14. The van der Waals surface area contributed by atoms with Crippen molar-refractivity contribution in [1.29, 1.82) is 0 Å². The number of rotatable bonds is 3. The van der Waals surface area contributed by atoms with Crippen LogP contribution in [0.15, 0.2) is 6.20 Å². The van der Waals surface area contributed by atoms with Crippen molar-refractivity contribution in [1.82, 2.24) is 15.7 Å². The number of hydrogen-bond acceptors (Lipinski definition) is 4. The molecule has 0 aliphatic heterocycles. The number of carbonyl (C=O) groups is 1. The van der Waals surface area contributed by atoms with Gasteiger partial charge in [-0.3, -0.25) is 5.43 Å². The number of hydrogen-bond donors (Lipinski definition) is 3. The van der Waals surface area contributed by atoms with Gasteiger partial charge in [0.25, 0.3) is 0 Å². The van der Waals surface area contributed by atoms with E-state index in [1.807, 2.05) is 18.5 Å². The van der Waals surface area contributed by atoms with E-state index in [0.717, 1.165) is 11.4 Å². The summed E-state index contributed by atoms with van der Waals surface area (Å²) in [5.74, 6) is 4.95. The van der Waals surface area contributed by atoms with Crippen LogP contribution in [0.4, 0.5) is 4.79 Å². The van der Waals surface area contributed by atoms with E-state index in [1.54, 1.807) is 11.3 Å². The Bertz CT molecular complexity index is 312. The van der Waals surface area contributed by atoms with Crippen LogP contribution in [0.25, 0.3) is 0 Å². The molecule has 1 heterocycles. The summed E-state index contributed by atoms with van der Waals surface area (Å²) in [7, 11) is 0. The minimum absolute atomic E-state index is 0.108. The van der Waals surface area contributed by atoms with Gasteiger partial charge in [0.15, 0.2) is 0 Å². The van der Waals surface area contributed by atoms with E-state index in [1.165, 1.54) is 4.88 Å². The van der Waals surface area contributed by atoms with Gasteiger partial charge in [0, 0.05) is 11.1 Å². The standard InChI is InChI=1S/C8H14N4OS/c1-3-6-4-10-7(14-6)5(2)11-8(13)12-9/h4-5H,3,9H2,1-2H3,(H2,11,12,13). The van der Waals surface area contributed by atoms with Crippen molar-refractivity contribution in [2.45, 2.75) is 26.3 Å². The summed E-state index contributed by atoms with van der Waals surface area (Å²) in [6.07, 6.45) is 2.80. The van der Waals surface area contributed by atoms with E-state index in [-0.39, 0.29) is 6.04 Å². The molecule has 0 bridgehead atoms. The maximum absolute atomic E-state index is 10.9. The largest absolute Gasteiger partial charge is 0.329 e. The monoisotopic (exact) mass is 214 g/mol. The Morgan fingerprint density at radius 3 is 3.00 bits per heavy atom.